The maximum absolute atomic E-state index is 5.49. The van der Waals surface area contributed by atoms with E-state index in [1.54, 1.807) is 0 Å². The molecule has 3 aliphatic heterocycles. The van der Waals surface area contributed by atoms with Crippen molar-refractivity contribution < 1.29 is 9.22 Å². The topological polar surface area (TPSA) is 9.23 Å². The van der Waals surface area contributed by atoms with Gasteiger partial charge in [-0.25, -0.2) is 0 Å². The van der Waals surface area contributed by atoms with Crippen LogP contribution in [0.5, 0.6) is 0 Å². The lowest BCUT2D eigenvalue weighted by Crippen LogP contribution is -2.65. The zero-order valence-electron chi connectivity index (χ0n) is 9.83. The zero-order valence-corrected chi connectivity index (χ0v) is 9.83. The van der Waals surface area contributed by atoms with Crippen LogP contribution in [0.3, 0.4) is 0 Å². The summed E-state index contributed by atoms with van der Waals surface area (Å²) in [5.74, 6) is 1.06. The minimum Gasteiger partial charge on any atom is -0.376 e. The molecule has 2 heteroatoms. The van der Waals surface area contributed by atoms with Crippen LogP contribution in [0.15, 0.2) is 0 Å². The zero-order chi connectivity index (χ0) is 10.2. The Labute approximate surface area is 87.8 Å². The summed E-state index contributed by atoms with van der Waals surface area (Å²) >= 11 is 0. The molecule has 3 aliphatic rings. The molecule has 2 bridgehead atoms. The van der Waals surface area contributed by atoms with E-state index in [-0.39, 0.29) is 0 Å². The van der Waals surface area contributed by atoms with E-state index < -0.39 is 0 Å². The van der Waals surface area contributed by atoms with Crippen LogP contribution in [0.1, 0.15) is 33.1 Å². The Morgan fingerprint density at radius 3 is 2.00 bits per heavy atom. The molecule has 0 unspecified atom stereocenters. The van der Waals surface area contributed by atoms with Crippen molar-refractivity contribution in [2.75, 3.05) is 26.7 Å². The second-order valence-electron chi connectivity index (χ2n) is 5.30. The predicted molar refractivity (Wildman–Crippen MR) is 58.1 cm³/mol. The van der Waals surface area contributed by atoms with Gasteiger partial charge in [0.05, 0.1) is 19.6 Å². The lowest BCUT2D eigenvalue weighted by Gasteiger charge is -2.53. The third-order valence-electron chi connectivity index (χ3n) is 4.86. The summed E-state index contributed by atoms with van der Waals surface area (Å²) in [6.45, 7) is 8.80. The van der Waals surface area contributed by atoms with E-state index in [0.29, 0.717) is 12.1 Å². The Balaban J connectivity index is 2.06. The van der Waals surface area contributed by atoms with Gasteiger partial charge in [0.25, 0.3) is 0 Å². The smallest absolute Gasteiger partial charge is 0.112 e. The Morgan fingerprint density at radius 1 is 1.07 bits per heavy atom. The van der Waals surface area contributed by atoms with Crippen LogP contribution in [0.25, 0.3) is 0 Å². The van der Waals surface area contributed by atoms with Gasteiger partial charge >= 0.3 is 0 Å². The van der Waals surface area contributed by atoms with Crippen molar-refractivity contribution in [3.63, 3.8) is 0 Å². The van der Waals surface area contributed by atoms with Gasteiger partial charge in [-0.15, -0.1) is 0 Å². The first-order valence-corrected chi connectivity index (χ1v) is 6.06. The third-order valence-corrected chi connectivity index (χ3v) is 4.86. The van der Waals surface area contributed by atoms with Gasteiger partial charge < -0.3 is 9.22 Å². The van der Waals surface area contributed by atoms with Crippen molar-refractivity contribution in [3.8, 4) is 0 Å². The van der Waals surface area contributed by atoms with Crippen LogP contribution >= 0.6 is 0 Å². The predicted octanol–water partition coefficient (Wildman–Crippen LogP) is 2.04. The molecule has 0 radical (unpaired) electrons. The number of piperidine rings is 3. The van der Waals surface area contributed by atoms with E-state index in [0.717, 1.165) is 5.92 Å². The Morgan fingerprint density at radius 2 is 1.57 bits per heavy atom. The molecule has 0 aromatic rings. The van der Waals surface area contributed by atoms with E-state index >= 15 is 0 Å². The van der Waals surface area contributed by atoms with Gasteiger partial charge in [-0.3, -0.25) is 0 Å². The lowest BCUT2D eigenvalue weighted by atomic mass is 9.84. The van der Waals surface area contributed by atoms with Gasteiger partial charge in [0.15, 0.2) is 0 Å². The fraction of sp³-hybridized carbons (Fsp3) is 1.00. The van der Waals surface area contributed by atoms with Gasteiger partial charge in [0.1, 0.15) is 12.1 Å². The van der Waals surface area contributed by atoms with Crippen LogP contribution < -0.4 is 0 Å². The van der Waals surface area contributed by atoms with Crippen molar-refractivity contribution in [1.29, 1.82) is 0 Å². The summed E-state index contributed by atoms with van der Waals surface area (Å²) in [6, 6.07) is 0.682. The van der Waals surface area contributed by atoms with Crippen LogP contribution in [-0.4, -0.2) is 43.4 Å². The van der Waals surface area contributed by atoms with Crippen LogP contribution in [0, 0.1) is 5.92 Å². The molecular weight excluding hydrogens is 174 g/mol. The highest BCUT2D eigenvalue weighted by molar-refractivity contribution is 4.76. The quantitative estimate of drug-likeness (QED) is 0.631. The lowest BCUT2D eigenvalue weighted by molar-refractivity contribution is -0.966. The largest absolute Gasteiger partial charge is 0.376 e. The standard InChI is InChI=1S/C12H24NO/c1-10(11(2)14-3)13-7-4-12(5-8-13)6-9-13/h10-12H,4-9H2,1-3H3/q+1/t10-,11-,12?,13?/m0/s1. The van der Waals surface area contributed by atoms with Crippen molar-refractivity contribution in [3.05, 3.63) is 0 Å². The molecule has 82 valence electrons. The summed E-state index contributed by atoms with van der Waals surface area (Å²) < 4.78 is 6.83. The minimum absolute atomic E-state index is 0.407. The van der Waals surface area contributed by atoms with E-state index in [2.05, 4.69) is 13.8 Å². The van der Waals surface area contributed by atoms with Crippen molar-refractivity contribution in [2.45, 2.75) is 45.3 Å². The van der Waals surface area contributed by atoms with Gasteiger partial charge in [0.2, 0.25) is 0 Å². The highest BCUT2D eigenvalue weighted by atomic mass is 16.5. The summed E-state index contributed by atoms with van der Waals surface area (Å²) in [5.41, 5.74) is 0. The maximum Gasteiger partial charge on any atom is 0.112 e. The van der Waals surface area contributed by atoms with E-state index in [1.165, 1.54) is 43.4 Å². The Hall–Kier alpha value is -0.0800. The van der Waals surface area contributed by atoms with E-state index in [1.807, 2.05) is 7.11 Å². The van der Waals surface area contributed by atoms with E-state index in [4.69, 9.17) is 4.74 Å². The molecule has 0 saturated carbocycles. The highest BCUT2D eigenvalue weighted by Gasteiger charge is 2.44. The molecule has 0 amide bonds. The third kappa shape index (κ3) is 1.59. The average molecular weight is 198 g/mol. The van der Waals surface area contributed by atoms with Crippen LogP contribution in [0.4, 0.5) is 0 Å². The summed E-state index contributed by atoms with van der Waals surface area (Å²) in [5, 5.41) is 0. The number of quaternary nitrogens is 1. The Kier molecular flexibility index (Phi) is 2.85. The number of rotatable bonds is 3. The van der Waals surface area contributed by atoms with Gasteiger partial charge in [-0.2, -0.15) is 0 Å². The average Bonchev–Trinajstić information content (AvgIpc) is 2.29. The molecule has 14 heavy (non-hydrogen) atoms. The second kappa shape index (κ2) is 3.82. The number of nitrogens with zero attached hydrogens (tertiary/aromatic N) is 1. The van der Waals surface area contributed by atoms with Crippen LogP contribution in [0.2, 0.25) is 0 Å². The maximum atomic E-state index is 5.49. The molecule has 3 fully saturated rings. The summed E-state index contributed by atoms with van der Waals surface area (Å²) in [6.07, 6.45) is 4.78. The van der Waals surface area contributed by atoms with E-state index in [9.17, 15) is 0 Å². The number of hydrogen-bond acceptors (Lipinski definition) is 1. The molecule has 2 nitrogen and oxygen atoms in total. The number of ether oxygens (including phenoxy) is 1. The monoisotopic (exact) mass is 198 g/mol. The van der Waals surface area contributed by atoms with Crippen LogP contribution in [-0.2, 0) is 4.74 Å². The highest BCUT2D eigenvalue weighted by Crippen LogP contribution is 2.36. The SMILES string of the molecule is CO[C@@H](C)[C@H](C)[N+]12CCC(CC1)CC2. The van der Waals surface area contributed by atoms with Gasteiger partial charge in [-0.05, 0) is 39.0 Å². The second-order valence-corrected chi connectivity index (χ2v) is 5.30. The fourth-order valence-corrected chi connectivity index (χ4v) is 3.34. The molecule has 3 saturated heterocycles. The molecule has 0 aromatic carbocycles. The Bertz CT molecular complexity index is 183. The molecule has 0 aromatic heterocycles. The first-order chi connectivity index (χ1) is 6.68. The number of hydrogen-bond donors (Lipinski definition) is 0. The molecule has 3 heterocycles. The van der Waals surface area contributed by atoms with Gasteiger partial charge in [0, 0.05) is 7.11 Å². The fourth-order valence-electron chi connectivity index (χ4n) is 3.34. The summed E-state index contributed by atoms with van der Waals surface area (Å²) in [7, 11) is 1.84. The molecule has 0 spiro atoms. The molecule has 2 atom stereocenters. The number of fused-ring (bicyclic) bond motifs is 3. The number of methoxy groups -OCH3 is 1. The molecule has 0 aliphatic carbocycles. The first kappa shape index (κ1) is 10.4. The minimum atomic E-state index is 0.407. The normalized spacial score (nSPS) is 40.9. The first-order valence-electron chi connectivity index (χ1n) is 6.06. The van der Waals surface area contributed by atoms with Crippen molar-refractivity contribution >= 4 is 0 Å². The molecule has 0 N–H and O–H groups in total. The van der Waals surface area contributed by atoms with Gasteiger partial charge in [-0.1, -0.05) is 0 Å². The molecular formula is C12H24NO+. The van der Waals surface area contributed by atoms with Crippen molar-refractivity contribution in [2.24, 2.45) is 5.92 Å². The summed E-state index contributed by atoms with van der Waals surface area (Å²) in [4.78, 5) is 0. The van der Waals surface area contributed by atoms with Crippen molar-refractivity contribution in [1.82, 2.24) is 0 Å². The molecule has 3 rings (SSSR count).